The Morgan fingerprint density at radius 1 is 1.18 bits per heavy atom. The third-order valence-electron chi connectivity index (χ3n) is 3.33. The molecule has 0 spiro atoms. The lowest BCUT2D eigenvalue weighted by atomic mass is 10.3. The molecule has 0 aromatic heterocycles. The summed E-state index contributed by atoms with van der Waals surface area (Å²) in [7, 11) is 0. The molecular weight excluding hydrogens is 286 g/mol. The number of hydrogen-bond acceptors (Lipinski definition) is 4. The van der Waals surface area contributed by atoms with E-state index in [1.165, 1.54) is 0 Å². The average molecular weight is 313 g/mol. The van der Waals surface area contributed by atoms with Crippen molar-refractivity contribution in [2.75, 3.05) is 32.8 Å². The van der Waals surface area contributed by atoms with E-state index >= 15 is 0 Å². The molecule has 0 unspecified atom stereocenters. The van der Waals surface area contributed by atoms with Crippen molar-refractivity contribution in [3.05, 3.63) is 0 Å². The lowest BCUT2D eigenvalue weighted by Crippen LogP contribution is -2.41. The molecule has 1 saturated heterocycles. The molecule has 126 valence electrons. The quantitative estimate of drug-likeness (QED) is 0.465. The molecule has 1 aliphatic rings. The van der Waals surface area contributed by atoms with Gasteiger partial charge in [-0.1, -0.05) is 0 Å². The molecule has 1 aliphatic heterocycles. The van der Waals surface area contributed by atoms with Crippen LogP contribution in [0, 0.1) is 0 Å². The van der Waals surface area contributed by atoms with Gasteiger partial charge in [-0.3, -0.25) is 14.4 Å². The predicted molar refractivity (Wildman–Crippen MR) is 82.2 cm³/mol. The second-order valence-electron chi connectivity index (χ2n) is 5.62. The van der Waals surface area contributed by atoms with Crippen molar-refractivity contribution in [2.24, 2.45) is 0 Å². The summed E-state index contributed by atoms with van der Waals surface area (Å²) in [6.45, 7) is 6.69. The smallest absolute Gasteiger partial charge is 0.309 e. The van der Waals surface area contributed by atoms with E-state index in [2.05, 4.69) is 10.6 Å². The van der Waals surface area contributed by atoms with Gasteiger partial charge in [-0.25, -0.2) is 0 Å². The van der Waals surface area contributed by atoms with Crippen LogP contribution < -0.4 is 10.6 Å². The third-order valence-corrected chi connectivity index (χ3v) is 3.33. The number of nitrogens with zero attached hydrogens (tertiary/aromatic N) is 1. The Morgan fingerprint density at radius 2 is 1.82 bits per heavy atom. The monoisotopic (exact) mass is 313 g/mol. The van der Waals surface area contributed by atoms with Gasteiger partial charge in [0.05, 0.1) is 6.10 Å². The molecule has 0 aromatic carbocycles. The molecule has 0 aromatic rings. The number of rotatable bonds is 9. The predicted octanol–water partition coefficient (Wildman–Crippen LogP) is 0.0464. The minimum atomic E-state index is -0.627. The maximum Gasteiger partial charge on any atom is 0.309 e. The van der Waals surface area contributed by atoms with Gasteiger partial charge in [-0.05, 0) is 33.1 Å². The Bertz CT molecular complexity index is 385. The molecule has 7 nitrogen and oxygen atoms in total. The van der Waals surface area contributed by atoms with E-state index in [-0.39, 0.29) is 12.0 Å². The van der Waals surface area contributed by atoms with Crippen LogP contribution in [0.3, 0.4) is 0 Å². The van der Waals surface area contributed by atoms with E-state index in [0.29, 0.717) is 45.5 Å². The Labute approximate surface area is 131 Å². The summed E-state index contributed by atoms with van der Waals surface area (Å²) in [5.41, 5.74) is 0. The highest BCUT2D eigenvalue weighted by atomic mass is 16.5. The standard InChI is InChI=1S/C15H27N3O4/c1-12(2)22-11-5-8-17-15(21)14(20)16-7-4-10-18-9-3-6-13(18)19/h12H,3-11H2,1-2H3,(H,16,20)(H,17,21). The van der Waals surface area contributed by atoms with Crippen molar-refractivity contribution in [3.8, 4) is 0 Å². The topological polar surface area (TPSA) is 87.7 Å². The molecule has 2 N–H and O–H groups in total. The summed E-state index contributed by atoms with van der Waals surface area (Å²) in [6.07, 6.45) is 3.03. The van der Waals surface area contributed by atoms with Crippen LogP contribution in [0.25, 0.3) is 0 Å². The molecule has 0 saturated carbocycles. The van der Waals surface area contributed by atoms with E-state index in [1.54, 1.807) is 4.90 Å². The van der Waals surface area contributed by atoms with Gasteiger partial charge in [0.15, 0.2) is 0 Å². The first-order chi connectivity index (χ1) is 10.5. The molecule has 22 heavy (non-hydrogen) atoms. The number of hydrogen-bond donors (Lipinski definition) is 2. The van der Waals surface area contributed by atoms with Gasteiger partial charge in [0.1, 0.15) is 0 Å². The van der Waals surface area contributed by atoms with E-state index in [4.69, 9.17) is 4.74 Å². The normalized spacial score (nSPS) is 14.5. The summed E-state index contributed by atoms with van der Waals surface area (Å²) >= 11 is 0. The maximum absolute atomic E-state index is 11.5. The van der Waals surface area contributed by atoms with Crippen LogP contribution in [0.2, 0.25) is 0 Å². The Morgan fingerprint density at radius 3 is 2.36 bits per heavy atom. The lowest BCUT2D eigenvalue weighted by Gasteiger charge is -2.15. The first-order valence-electron chi connectivity index (χ1n) is 7.96. The van der Waals surface area contributed by atoms with E-state index in [0.717, 1.165) is 13.0 Å². The zero-order chi connectivity index (χ0) is 16.4. The summed E-state index contributed by atoms with van der Waals surface area (Å²) in [4.78, 5) is 36.2. The molecule has 1 rings (SSSR count). The van der Waals surface area contributed by atoms with Crippen molar-refractivity contribution in [2.45, 2.75) is 45.6 Å². The summed E-state index contributed by atoms with van der Waals surface area (Å²) < 4.78 is 5.34. The first kappa shape index (κ1) is 18.4. The zero-order valence-electron chi connectivity index (χ0n) is 13.5. The van der Waals surface area contributed by atoms with E-state index in [9.17, 15) is 14.4 Å². The fraction of sp³-hybridized carbons (Fsp3) is 0.800. The number of carbonyl (C=O) groups is 3. The number of ether oxygens (including phenoxy) is 1. The number of carbonyl (C=O) groups excluding carboxylic acids is 3. The van der Waals surface area contributed by atoms with Crippen LogP contribution in [-0.4, -0.2) is 61.5 Å². The largest absolute Gasteiger partial charge is 0.379 e. The summed E-state index contributed by atoms with van der Waals surface area (Å²) in [6, 6.07) is 0. The van der Waals surface area contributed by atoms with Gasteiger partial charge >= 0.3 is 11.8 Å². The van der Waals surface area contributed by atoms with Crippen LogP contribution in [0.4, 0.5) is 0 Å². The van der Waals surface area contributed by atoms with Crippen LogP contribution in [0.5, 0.6) is 0 Å². The van der Waals surface area contributed by atoms with Crippen molar-refractivity contribution < 1.29 is 19.1 Å². The average Bonchev–Trinajstić information content (AvgIpc) is 2.87. The molecular formula is C15H27N3O4. The molecule has 0 aliphatic carbocycles. The number of amides is 3. The molecule has 0 bridgehead atoms. The zero-order valence-corrected chi connectivity index (χ0v) is 13.5. The van der Waals surface area contributed by atoms with E-state index in [1.807, 2.05) is 13.8 Å². The van der Waals surface area contributed by atoms with Crippen molar-refractivity contribution in [1.82, 2.24) is 15.5 Å². The molecule has 0 atom stereocenters. The Balaban J connectivity index is 2.01. The second kappa shape index (κ2) is 10.2. The number of nitrogens with one attached hydrogen (secondary N) is 2. The van der Waals surface area contributed by atoms with Crippen LogP contribution in [0.1, 0.15) is 39.5 Å². The third kappa shape index (κ3) is 7.40. The highest BCUT2D eigenvalue weighted by molar-refractivity contribution is 6.35. The van der Waals surface area contributed by atoms with Crippen molar-refractivity contribution >= 4 is 17.7 Å². The fourth-order valence-corrected chi connectivity index (χ4v) is 2.17. The maximum atomic E-state index is 11.5. The fourth-order valence-electron chi connectivity index (χ4n) is 2.17. The van der Waals surface area contributed by atoms with Gasteiger partial charge in [0, 0.05) is 39.2 Å². The van der Waals surface area contributed by atoms with Gasteiger partial charge in [-0.2, -0.15) is 0 Å². The lowest BCUT2D eigenvalue weighted by molar-refractivity contribution is -0.139. The van der Waals surface area contributed by atoms with Crippen molar-refractivity contribution in [3.63, 3.8) is 0 Å². The molecule has 1 heterocycles. The SMILES string of the molecule is CC(C)OCCCNC(=O)C(=O)NCCCN1CCCC1=O. The molecule has 0 radical (unpaired) electrons. The van der Waals surface area contributed by atoms with Crippen LogP contribution >= 0.6 is 0 Å². The van der Waals surface area contributed by atoms with Crippen molar-refractivity contribution in [1.29, 1.82) is 0 Å². The summed E-state index contributed by atoms with van der Waals surface area (Å²) in [5.74, 6) is -1.08. The van der Waals surface area contributed by atoms with Gasteiger partial charge in [0.25, 0.3) is 0 Å². The molecule has 3 amide bonds. The highest BCUT2D eigenvalue weighted by Crippen LogP contribution is 2.09. The van der Waals surface area contributed by atoms with Gasteiger partial charge in [0.2, 0.25) is 5.91 Å². The van der Waals surface area contributed by atoms with Gasteiger partial charge < -0.3 is 20.3 Å². The van der Waals surface area contributed by atoms with Crippen LogP contribution in [0.15, 0.2) is 0 Å². The van der Waals surface area contributed by atoms with Gasteiger partial charge in [-0.15, -0.1) is 0 Å². The first-order valence-corrected chi connectivity index (χ1v) is 7.96. The molecule has 7 heteroatoms. The molecule has 1 fully saturated rings. The second-order valence-corrected chi connectivity index (χ2v) is 5.62. The number of likely N-dealkylation sites (tertiary alicyclic amines) is 1. The minimum absolute atomic E-state index is 0.168. The van der Waals surface area contributed by atoms with Crippen LogP contribution in [-0.2, 0) is 19.1 Å². The Hall–Kier alpha value is -1.63. The van der Waals surface area contributed by atoms with E-state index < -0.39 is 11.8 Å². The Kier molecular flexibility index (Phi) is 8.50. The summed E-state index contributed by atoms with van der Waals surface area (Å²) in [5, 5.41) is 5.11. The highest BCUT2D eigenvalue weighted by Gasteiger charge is 2.19. The minimum Gasteiger partial charge on any atom is -0.379 e.